The molecule has 20 heavy (non-hydrogen) atoms. The summed E-state index contributed by atoms with van der Waals surface area (Å²) in [5.74, 6) is 0.949. The average Bonchev–Trinajstić information content (AvgIpc) is 2.48. The summed E-state index contributed by atoms with van der Waals surface area (Å²) in [5.41, 5.74) is 0. The summed E-state index contributed by atoms with van der Waals surface area (Å²) in [7, 11) is 0. The number of pyridine rings is 1. The van der Waals surface area contributed by atoms with Gasteiger partial charge in [0.25, 0.3) is 0 Å². The number of amides is 1. The third kappa shape index (κ3) is 4.29. The van der Waals surface area contributed by atoms with Crippen molar-refractivity contribution < 1.29 is 9.18 Å². The fourth-order valence-electron chi connectivity index (χ4n) is 2.88. The van der Waals surface area contributed by atoms with E-state index in [1.165, 1.54) is 31.4 Å². The lowest BCUT2D eigenvalue weighted by Gasteiger charge is -2.27. The molecule has 2 rings (SSSR count). The van der Waals surface area contributed by atoms with E-state index in [1.54, 1.807) is 0 Å². The summed E-state index contributed by atoms with van der Waals surface area (Å²) < 4.78 is 12.7. The molecule has 1 amide bonds. The van der Waals surface area contributed by atoms with E-state index in [1.807, 2.05) is 0 Å². The number of nitrogens with zero attached hydrogens (tertiary/aromatic N) is 1. The molecule has 3 nitrogen and oxygen atoms in total. The first-order valence-corrected chi connectivity index (χ1v) is 7.61. The molecule has 0 atom stereocenters. The van der Waals surface area contributed by atoms with Crippen molar-refractivity contribution in [2.45, 2.75) is 51.9 Å². The van der Waals surface area contributed by atoms with Crippen LogP contribution in [0, 0.1) is 17.7 Å². The number of carbonyl (C=O) groups is 1. The lowest BCUT2D eigenvalue weighted by atomic mass is 9.79. The van der Waals surface area contributed by atoms with Crippen molar-refractivity contribution >= 4 is 11.7 Å². The lowest BCUT2D eigenvalue weighted by molar-refractivity contribution is -0.121. The van der Waals surface area contributed by atoms with Crippen LogP contribution in [0.15, 0.2) is 18.3 Å². The van der Waals surface area contributed by atoms with E-state index in [4.69, 9.17) is 0 Å². The number of unbranched alkanes of at least 4 members (excludes halogenated alkanes) is 1. The Morgan fingerprint density at radius 1 is 1.35 bits per heavy atom. The zero-order chi connectivity index (χ0) is 14.4. The van der Waals surface area contributed by atoms with Crippen LogP contribution in [0.3, 0.4) is 0 Å². The van der Waals surface area contributed by atoms with E-state index in [9.17, 15) is 9.18 Å². The second-order valence-corrected chi connectivity index (χ2v) is 5.71. The molecule has 1 saturated carbocycles. The Balaban J connectivity index is 1.78. The molecule has 0 unspecified atom stereocenters. The lowest BCUT2D eigenvalue weighted by Crippen LogP contribution is -2.27. The highest BCUT2D eigenvalue weighted by molar-refractivity contribution is 5.91. The smallest absolute Gasteiger partial charge is 0.228 e. The van der Waals surface area contributed by atoms with E-state index in [0.717, 1.165) is 37.8 Å². The highest BCUT2D eigenvalue weighted by atomic mass is 19.1. The maximum absolute atomic E-state index is 12.7. The van der Waals surface area contributed by atoms with Crippen LogP contribution in [-0.2, 0) is 4.79 Å². The summed E-state index contributed by atoms with van der Waals surface area (Å²) >= 11 is 0. The van der Waals surface area contributed by atoms with Crippen molar-refractivity contribution in [1.29, 1.82) is 0 Å². The molecule has 1 fully saturated rings. The first-order valence-electron chi connectivity index (χ1n) is 7.61. The standard InChI is InChI=1S/C16H23FN2O/c1-2-3-4-12-5-7-13(8-6-12)16(20)19-15-10-9-14(17)11-18-15/h9-13H,2-8H2,1H3,(H,18,19,20). The van der Waals surface area contributed by atoms with E-state index in [-0.39, 0.29) is 17.6 Å². The average molecular weight is 278 g/mol. The number of halogens is 1. The molecular formula is C16H23FN2O. The zero-order valence-corrected chi connectivity index (χ0v) is 12.1. The van der Waals surface area contributed by atoms with Gasteiger partial charge in [0.2, 0.25) is 5.91 Å². The van der Waals surface area contributed by atoms with Crippen LogP contribution in [0.5, 0.6) is 0 Å². The molecule has 0 aromatic carbocycles. The molecule has 1 aromatic rings. The molecule has 1 aliphatic carbocycles. The maximum atomic E-state index is 12.7. The van der Waals surface area contributed by atoms with Gasteiger partial charge < -0.3 is 5.32 Å². The SMILES string of the molecule is CCCCC1CCC(C(=O)Nc2ccc(F)cn2)CC1. The van der Waals surface area contributed by atoms with Gasteiger partial charge in [0.05, 0.1) is 6.20 Å². The number of rotatable bonds is 5. The van der Waals surface area contributed by atoms with Crippen LogP contribution in [0.2, 0.25) is 0 Å². The Morgan fingerprint density at radius 3 is 2.70 bits per heavy atom. The van der Waals surface area contributed by atoms with Crippen molar-refractivity contribution in [1.82, 2.24) is 4.98 Å². The van der Waals surface area contributed by atoms with Crippen LogP contribution in [-0.4, -0.2) is 10.9 Å². The number of hydrogen-bond donors (Lipinski definition) is 1. The van der Waals surface area contributed by atoms with Gasteiger partial charge in [-0.25, -0.2) is 9.37 Å². The van der Waals surface area contributed by atoms with Crippen LogP contribution in [0.4, 0.5) is 10.2 Å². The van der Waals surface area contributed by atoms with Gasteiger partial charge in [0.15, 0.2) is 0 Å². The first kappa shape index (κ1) is 14.9. The predicted octanol–water partition coefficient (Wildman–Crippen LogP) is 4.16. The molecule has 0 saturated heterocycles. The van der Waals surface area contributed by atoms with E-state index in [2.05, 4.69) is 17.2 Å². The maximum Gasteiger partial charge on any atom is 0.228 e. The van der Waals surface area contributed by atoms with Gasteiger partial charge in [-0.1, -0.05) is 26.2 Å². The second kappa shape index (κ2) is 7.36. The number of carbonyl (C=O) groups excluding carboxylic acids is 1. The number of anilines is 1. The Hall–Kier alpha value is -1.45. The van der Waals surface area contributed by atoms with E-state index < -0.39 is 0 Å². The Morgan fingerprint density at radius 2 is 2.10 bits per heavy atom. The quantitative estimate of drug-likeness (QED) is 0.879. The molecular weight excluding hydrogens is 255 g/mol. The highest BCUT2D eigenvalue weighted by Gasteiger charge is 2.26. The highest BCUT2D eigenvalue weighted by Crippen LogP contribution is 2.32. The molecule has 1 N–H and O–H groups in total. The summed E-state index contributed by atoms with van der Waals surface area (Å²) in [4.78, 5) is 16.0. The van der Waals surface area contributed by atoms with Gasteiger partial charge in [-0.15, -0.1) is 0 Å². The van der Waals surface area contributed by atoms with Gasteiger partial charge in [-0.3, -0.25) is 4.79 Å². The number of aromatic nitrogens is 1. The Kier molecular flexibility index (Phi) is 5.50. The topological polar surface area (TPSA) is 42.0 Å². The fourth-order valence-corrected chi connectivity index (χ4v) is 2.88. The van der Waals surface area contributed by atoms with Gasteiger partial charge >= 0.3 is 0 Å². The summed E-state index contributed by atoms with van der Waals surface area (Å²) in [6.45, 7) is 2.22. The summed E-state index contributed by atoms with van der Waals surface area (Å²) in [5, 5.41) is 2.78. The summed E-state index contributed by atoms with van der Waals surface area (Å²) in [6.07, 6.45) is 9.17. The monoisotopic (exact) mass is 278 g/mol. The molecule has 0 spiro atoms. The van der Waals surface area contributed by atoms with E-state index >= 15 is 0 Å². The molecule has 0 bridgehead atoms. The molecule has 0 radical (unpaired) electrons. The van der Waals surface area contributed by atoms with Crippen molar-refractivity contribution in [3.8, 4) is 0 Å². The zero-order valence-electron chi connectivity index (χ0n) is 12.1. The van der Waals surface area contributed by atoms with Gasteiger partial charge in [0.1, 0.15) is 11.6 Å². The van der Waals surface area contributed by atoms with Gasteiger partial charge in [-0.05, 0) is 43.7 Å². The molecule has 1 heterocycles. The number of hydrogen-bond acceptors (Lipinski definition) is 2. The first-order chi connectivity index (χ1) is 9.69. The van der Waals surface area contributed by atoms with Crippen LogP contribution in [0.1, 0.15) is 51.9 Å². The summed E-state index contributed by atoms with van der Waals surface area (Å²) in [6, 6.07) is 2.81. The Bertz CT molecular complexity index is 425. The van der Waals surface area contributed by atoms with Crippen LogP contribution in [0.25, 0.3) is 0 Å². The largest absolute Gasteiger partial charge is 0.310 e. The number of nitrogens with one attached hydrogen (secondary N) is 1. The molecule has 4 heteroatoms. The molecule has 110 valence electrons. The molecule has 1 aromatic heterocycles. The molecule has 0 aliphatic heterocycles. The second-order valence-electron chi connectivity index (χ2n) is 5.71. The Labute approximate surface area is 120 Å². The van der Waals surface area contributed by atoms with Gasteiger partial charge in [0, 0.05) is 5.92 Å². The normalized spacial score (nSPS) is 22.5. The molecule has 1 aliphatic rings. The van der Waals surface area contributed by atoms with Crippen LogP contribution >= 0.6 is 0 Å². The fraction of sp³-hybridized carbons (Fsp3) is 0.625. The van der Waals surface area contributed by atoms with Crippen molar-refractivity contribution in [3.05, 3.63) is 24.1 Å². The third-order valence-electron chi connectivity index (χ3n) is 4.16. The third-order valence-corrected chi connectivity index (χ3v) is 4.16. The minimum Gasteiger partial charge on any atom is -0.310 e. The van der Waals surface area contributed by atoms with Crippen LogP contribution < -0.4 is 5.32 Å². The van der Waals surface area contributed by atoms with Gasteiger partial charge in [-0.2, -0.15) is 0 Å². The van der Waals surface area contributed by atoms with Crippen molar-refractivity contribution in [3.63, 3.8) is 0 Å². The van der Waals surface area contributed by atoms with Crippen molar-refractivity contribution in [2.24, 2.45) is 11.8 Å². The predicted molar refractivity (Wildman–Crippen MR) is 77.8 cm³/mol. The van der Waals surface area contributed by atoms with E-state index in [0.29, 0.717) is 5.82 Å². The minimum atomic E-state index is -0.389. The minimum absolute atomic E-state index is 0.0260. The van der Waals surface area contributed by atoms with Crippen molar-refractivity contribution in [2.75, 3.05) is 5.32 Å².